The van der Waals surface area contributed by atoms with Crippen LogP contribution in [0.4, 0.5) is 4.39 Å². The van der Waals surface area contributed by atoms with Crippen molar-refractivity contribution in [3.8, 4) is 0 Å². The van der Waals surface area contributed by atoms with Crippen LogP contribution in [0.25, 0.3) is 11.0 Å². The van der Waals surface area contributed by atoms with Crippen LogP contribution in [0.5, 0.6) is 0 Å². The van der Waals surface area contributed by atoms with E-state index in [0.717, 1.165) is 23.5 Å². The molecule has 3 rings (SSSR count). The molecule has 24 heavy (non-hydrogen) atoms. The summed E-state index contributed by atoms with van der Waals surface area (Å²) >= 11 is 0. The number of fused-ring (bicyclic) bond motifs is 1. The zero-order valence-electron chi connectivity index (χ0n) is 13.6. The molecule has 7 heteroatoms. The summed E-state index contributed by atoms with van der Waals surface area (Å²) in [6.07, 6.45) is 3.61. The van der Waals surface area contributed by atoms with E-state index in [-0.39, 0.29) is 11.7 Å². The molecule has 0 bridgehead atoms. The number of hydrogen-bond acceptors (Lipinski definition) is 3. The highest BCUT2D eigenvalue weighted by molar-refractivity contribution is 5.76. The third-order valence-electron chi connectivity index (χ3n) is 3.89. The Kier molecular flexibility index (Phi) is 4.88. The van der Waals surface area contributed by atoms with Crippen molar-refractivity contribution in [2.24, 2.45) is 0 Å². The van der Waals surface area contributed by atoms with Gasteiger partial charge in [-0.15, -0.1) is 0 Å². The summed E-state index contributed by atoms with van der Waals surface area (Å²) in [5.41, 5.74) is 2.50. The zero-order valence-corrected chi connectivity index (χ0v) is 13.6. The van der Waals surface area contributed by atoms with E-state index in [0.29, 0.717) is 31.4 Å². The van der Waals surface area contributed by atoms with Gasteiger partial charge in [0, 0.05) is 37.8 Å². The molecule has 3 aromatic rings. The highest BCUT2D eigenvalue weighted by atomic mass is 19.1. The zero-order chi connectivity index (χ0) is 16.9. The van der Waals surface area contributed by atoms with Gasteiger partial charge in [-0.05, 0) is 37.6 Å². The van der Waals surface area contributed by atoms with E-state index in [1.54, 1.807) is 12.3 Å². The molecule has 126 valence electrons. The van der Waals surface area contributed by atoms with Crippen molar-refractivity contribution in [3.63, 3.8) is 0 Å². The lowest BCUT2D eigenvalue weighted by molar-refractivity contribution is -0.121. The fourth-order valence-corrected chi connectivity index (χ4v) is 2.57. The van der Waals surface area contributed by atoms with Crippen LogP contribution in [0.2, 0.25) is 0 Å². The number of carbonyl (C=O) groups excluding carboxylic acids is 1. The number of amides is 1. The molecular weight excluding hydrogens is 309 g/mol. The molecule has 2 aromatic heterocycles. The van der Waals surface area contributed by atoms with Crippen molar-refractivity contribution in [1.29, 1.82) is 0 Å². The summed E-state index contributed by atoms with van der Waals surface area (Å²) in [6, 6.07) is 6.40. The van der Waals surface area contributed by atoms with E-state index in [9.17, 15) is 9.18 Å². The third-order valence-corrected chi connectivity index (χ3v) is 3.89. The maximum Gasteiger partial charge on any atom is 0.221 e. The normalized spacial score (nSPS) is 11.1. The fourth-order valence-electron chi connectivity index (χ4n) is 2.57. The number of aromatic nitrogens is 4. The molecular formula is C17H20FN5O. The molecule has 2 heterocycles. The van der Waals surface area contributed by atoms with Crippen LogP contribution in [0, 0.1) is 12.7 Å². The third kappa shape index (κ3) is 3.98. The van der Waals surface area contributed by atoms with Crippen molar-refractivity contribution >= 4 is 16.9 Å². The Balaban J connectivity index is 1.39. The Labute approximate surface area is 139 Å². The van der Waals surface area contributed by atoms with Crippen LogP contribution < -0.4 is 5.32 Å². The summed E-state index contributed by atoms with van der Waals surface area (Å²) in [5, 5.41) is 7.04. The summed E-state index contributed by atoms with van der Waals surface area (Å²) in [4.78, 5) is 19.3. The summed E-state index contributed by atoms with van der Waals surface area (Å²) in [7, 11) is 0. The lowest BCUT2D eigenvalue weighted by Gasteiger charge is -2.06. The van der Waals surface area contributed by atoms with Crippen molar-refractivity contribution < 1.29 is 9.18 Å². The fraction of sp³-hybridized carbons (Fsp3) is 0.353. The second-order valence-corrected chi connectivity index (χ2v) is 5.74. The highest BCUT2D eigenvalue weighted by Crippen LogP contribution is 2.13. The minimum Gasteiger partial charge on any atom is -0.356 e. The highest BCUT2D eigenvalue weighted by Gasteiger charge is 2.06. The Morgan fingerprint density at radius 1 is 1.38 bits per heavy atom. The van der Waals surface area contributed by atoms with Gasteiger partial charge in [0.05, 0.1) is 11.0 Å². The SMILES string of the molecule is Cc1ccnn1CCC(=O)NCCCc1nc2ccc(F)cc2[nH]1. The Bertz CT molecular complexity index is 838. The number of H-pyrrole nitrogens is 1. The van der Waals surface area contributed by atoms with Crippen LogP contribution in [0.15, 0.2) is 30.5 Å². The van der Waals surface area contributed by atoms with Gasteiger partial charge in [0.25, 0.3) is 0 Å². The molecule has 6 nitrogen and oxygen atoms in total. The number of carbonyl (C=O) groups is 1. The van der Waals surface area contributed by atoms with Gasteiger partial charge >= 0.3 is 0 Å². The smallest absolute Gasteiger partial charge is 0.221 e. The Morgan fingerprint density at radius 3 is 3.04 bits per heavy atom. The Hall–Kier alpha value is -2.70. The summed E-state index contributed by atoms with van der Waals surface area (Å²) < 4.78 is 15.0. The van der Waals surface area contributed by atoms with Gasteiger partial charge in [-0.1, -0.05) is 0 Å². The van der Waals surface area contributed by atoms with Crippen LogP contribution in [-0.4, -0.2) is 32.2 Å². The average molecular weight is 329 g/mol. The second kappa shape index (κ2) is 7.25. The number of benzene rings is 1. The maximum atomic E-state index is 13.1. The van der Waals surface area contributed by atoms with E-state index >= 15 is 0 Å². The first-order valence-corrected chi connectivity index (χ1v) is 8.01. The van der Waals surface area contributed by atoms with Crippen molar-refractivity contribution in [3.05, 3.63) is 47.8 Å². The van der Waals surface area contributed by atoms with Crippen molar-refractivity contribution in [2.45, 2.75) is 32.7 Å². The average Bonchev–Trinajstić information content (AvgIpc) is 3.14. The van der Waals surface area contributed by atoms with Gasteiger partial charge < -0.3 is 10.3 Å². The molecule has 0 fully saturated rings. The number of nitrogens with zero attached hydrogens (tertiary/aromatic N) is 3. The predicted octanol–water partition coefficient (Wildman–Crippen LogP) is 2.35. The van der Waals surface area contributed by atoms with Gasteiger partial charge in [-0.2, -0.15) is 5.10 Å². The predicted molar refractivity (Wildman–Crippen MR) is 89.0 cm³/mol. The van der Waals surface area contributed by atoms with Crippen LogP contribution in [0.1, 0.15) is 24.4 Å². The molecule has 0 atom stereocenters. The molecule has 0 radical (unpaired) electrons. The maximum absolute atomic E-state index is 13.1. The van der Waals surface area contributed by atoms with Crippen LogP contribution >= 0.6 is 0 Å². The van der Waals surface area contributed by atoms with Crippen LogP contribution in [0.3, 0.4) is 0 Å². The molecule has 0 saturated carbocycles. The molecule has 0 unspecified atom stereocenters. The summed E-state index contributed by atoms with van der Waals surface area (Å²) in [6.45, 7) is 3.13. The quantitative estimate of drug-likeness (QED) is 0.653. The minimum atomic E-state index is -0.280. The number of rotatable bonds is 7. The van der Waals surface area contributed by atoms with Gasteiger partial charge in [0.1, 0.15) is 11.6 Å². The van der Waals surface area contributed by atoms with E-state index in [4.69, 9.17) is 0 Å². The monoisotopic (exact) mass is 329 g/mol. The minimum absolute atomic E-state index is 0.0107. The van der Waals surface area contributed by atoms with E-state index in [2.05, 4.69) is 20.4 Å². The first-order chi connectivity index (χ1) is 11.6. The van der Waals surface area contributed by atoms with E-state index < -0.39 is 0 Å². The summed E-state index contributed by atoms with van der Waals surface area (Å²) in [5.74, 6) is 0.533. The first kappa shape index (κ1) is 16.2. The molecule has 0 saturated heterocycles. The van der Waals surface area contributed by atoms with Crippen LogP contribution in [-0.2, 0) is 17.8 Å². The molecule has 1 amide bonds. The van der Waals surface area contributed by atoms with Gasteiger partial charge in [-0.25, -0.2) is 9.37 Å². The van der Waals surface area contributed by atoms with Gasteiger partial charge in [0.15, 0.2) is 0 Å². The second-order valence-electron chi connectivity index (χ2n) is 5.74. The standard InChI is InChI=1S/C17H20FN5O/c1-12-6-9-20-23(12)10-7-17(24)19-8-2-3-16-21-14-5-4-13(18)11-15(14)22-16/h4-6,9,11H,2-3,7-8,10H2,1H3,(H,19,24)(H,21,22). The number of halogens is 1. The first-order valence-electron chi connectivity index (χ1n) is 8.01. The molecule has 0 aliphatic heterocycles. The molecule has 1 aromatic carbocycles. The van der Waals surface area contributed by atoms with Gasteiger partial charge in [0.2, 0.25) is 5.91 Å². The molecule has 0 aliphatic rings. The molecule has 0 spiro atoms. The largest absolute Gasteiger partial charge is 0.356 e. The van der Waals surface area contributed by atoms with E-state index in [1.807, 2.05) is 17.7 Å². The number of aryl methyl sites for hydroxylation is 3. The Morgan fingerprint density at radius 2 is 2.25 bits per heavy atom. The van der Waals surface area contributed by atoms with Crippen molar-refractivity contribution in [2.75, 3.05) is 6.54 Å². The number of hydrogen-bond donors (Lipinski definition) is 2. The lowest BCUT2D eigenvalue weighted by atomic mass is 10.3. The number of nitrogens with one attached hydrogen (secondary N) is 2. The van der Waals surface area contributed by atoms with Crippen molar-refractivity contribution in [1.82, 2.24) is 25.1 Å². The topological polar surface area (TPSA) is 75.6 Å². The van der Waals surface area contributed by atoms with E-state index in [1.165, 1.54) is 12.1 Å². The number of imidazole rings is 1. The number of aromatic amines is 1. The molecule has 0 aliphatic carbocycles. The van der Waals surface area contributed by atoms with Gasteiger partial charge in [-0.3, -0.25) is 9.48 Å². The lowest BCUT2D eigenvalue weighted by Crippen LogP contribution is -2.26. The molecule has 2 N–H and O–H groups in total.